The number of aromatic nitrogens is 2. The van der Waals surface area contributed by atoms with Crippen molar-refractivity contribution in [3.8, 4) is 11.4 Å². The van der Waals surface area contributed by atoms with Crippen LogP contribution in [0, 0.1) is 13.8 Å². The lowest BCUT2D eigenvalue weighted by molar-refractivity contribution is -0.117. The number of nitrogens with zero attached hydrogens (tertiary/aromatic N) is 2. The molecule has 3 aromatic rings. The molecular formula is C21H21N3O3. The van der Waals surface area contributed by atoms with Gasteiger partial charge in [-0.3, -0.25) is 9.59 Å². The first-order chi connectivity index (χ1) is 13.0. The van der Waals surface area contributed by atoms with Crippen molar-refractivity contribution in [1.82, 2.24) is 15.1 Å². The van der Waals surface area contributed by atoms with E-state index in [0.717, 1.165) is 17.0 Å². The topological polar surface area (TPSA) is 73.2 Å². The molecule has 0 aliphatic heterocycles. The number of methoxy groups -OCH3 is 1. The van der Waals surface area contributed by atoms with E-state index in [1.165, 1.54) is 0 Å². The number of para-hydroxylation sites is 1. The van der Waals surface area contributed by atoms with Crippen LogP contribution in [-0.2, 0) is 11.3 Å². The second kappa shape index (κ2) is 7.86. The number of carbonyl (C=O) groups is 2. The monoisotopic (exact) mass is 363 g/mol. The van der Waals surface area contributed by atoms with Gasteiger partial charge in [0, 0.05) is 6.54 Å². The molecule has 1 aromatic heterocycles. The maximum absolute atomic E-state index is 12.7. The molecule has 3 rings (SSSR count). The van der Waals surface area contributed by atoms with Gasteiger partial charge in [-0.15, -0.1) is 0 Å². The highest BCUT2D eigenvalue weighted by Gasteiger charge is 2.24. The summed E-state index contributed by atoms with van der Waals surface area (Å²) >= 11 is 0. The summed E-state index contributed by atoms with van der Waals surface area (Å²) in [4.78, 5) is 25.0. The molecule has 138 valence electrons. The summed E-state index contributed by atoms with van der Waals surface area (Å²) < 4.78 is 6.79. The predicted octanol–water partition coefficient (Wildman–Crippen LogP) is 3.00. The number of benzene rings is 2. The summed E-state index contributed by atoms with van der Waals surface area (Å²) in [7, 11) is 1.59. The van der Waals surface area contributed by atoms with E-state index in [2.05, 4.69) is 10.4 Å². The summed E-state index contributed by atoms with van der Waals surface area (Å²) in [5, 5.41) is 7.10. The van der Waals surface area contributed by atoms with Gasteiger partial charge in [0.05, 0.1) is 29.7 Å². The highest BCUT2D eigenvalue weighted by Crippen LogP contribution is 2.18. The van der Waals surface area contributed by atoms with Gasteiger partial charge in [0.25, 0.3) is 11.7 Å². The average molecular weight is 363 g/mol. The number of hydrogen-bond donors (Lipinski definition) is 1. The van der Waals surface area contributed by atoms with E-state index >= 15 is 0 Å². The number of ketones is 1. The Morgan fingerprint density at radius 2 is 1.70 bits per heavy atom. The van der Waals surface area contributed by atoms with Crippen LogP contribution in [0.5, 0.6) is 5.75 Å². The molecule has 2 aromatic carbocycles. The SMILES string of the molecule is COc1ccc(CNC(=O)C(=O)c2c(C)nn(-c3ccccc3)c2C)cc1. The first-order valence-corrected chi connectivity index (χ1v) is 8.58. The Morgan fingerprint density at radius 1 is 1.04 bits per heavy atom. The van der Waals surface area contributed by atoms with E-state index in [0.29, 0.717) is 17.0 Å². The molecule has 6 nitrogen and oxygen atoms in total. The van der Waals surface area contributed by atoms with E-state index in [1.807, 2.05) is 54.6 Å². The van der Waals surface area contributed by atoms with E-state index in [9.17, 15) is 9.59 Å². The Bertz CT molecular complexity index is 960. The summed E-state index contributed by atoms with van der Waals surface area (Å²) in [5.74, 6) is -0.494. The van der Waals surface area contributed by atoms with Gasteiger partial charge in [-0.1, -0.05) is 30.3 Å². The molecule has 0 bridgehead atoms. The standard InChI is InChI=1S/C21H21N3O3/c1-14-19(15(2)24(23-14)17-7-5-4-6-8-17)20(25)21(26)22-13-16-9-11-18(27-3)12-10-16/h4-12H,13H2,1-3H3,(H,22,26). The molecule has 27 heavy (non-hydrogen) atoms. The smallest absolute Gasteiger partial charge is 0.292 e. The number of carbonyl (C=O) groups excluding carboxylic acids is 2. The maximum atomic E-state index is 12.7. The largest absolute Gasteiger partial charge is 0.497 e. The van der Waals surface area contributed by atoms with Gasteiger partial charge < -0.3 is 10.1 Å². The molecular weight excluding hydrogens is 342 g/mol. The van der Waals surface area contributed by atoms with Crippen molar-refractivity contribution in [2.24, 2.45) is 0 Å². The highest BCUT2D eigenvalue weighted by molar-refractivity contribution is 6.43. The predicted molar refractivity (Wildman–Crippen MR) is 102 cm³/mol. The van der Waals surface area contributed by atoms with E-state index < -0.39 is 11.7 Å². The number of hydrogen-bond acceptors (Lipinski definition) is 4. The minimum atomic E-state index is -0.648. The fourth-order valence-corrected chi connectivity index (χ4v) is 2.91. The van der Waals surface area contributed by atoms with Crippen LogP contribution in [0.2, 0.25) is 0 Å². The fraction of sp³-hybridized carbons (Fsp3) is 0.190. The first-order valence-electron chi connectivity index (χ1n) is 8.58. The van der Waals surface area contributed by atoms with Crippen LogP contribution >= 0.6 is 0 Å². The lowest BCUT2D eigenvalue weighted by atomic mass is 10.1. The number of Topliss-reactive ketones (excluding diaryl/α,β-unsaturated/α-hetero) is 1. The first kappa shape index (κ1) is 18.4. The van der Waals surface area contributed by atoms with Crippen LogP contribution in [0.15, 0.2) is 54.6 Å². The minimum absolute atomic E-state index is 0.263. The Balaban J connectivity index is 1.75. The molecule has 0 aliphatic rings. The lowest BCUT2D eigenvalue weighted by Gasteiger charge is -2.07. The van der Waals surface area contributed by atoms with Crippen molar-refractivity contribution >= 4 is 11.7 Å². The van der Waals surface area contributed by atoms with Crippen LogP contribution in [-0.4, -0.2) is 28.6 Å². The van der Waals surface area contributed by atoms with Gasteiger partial charge in [0.1, 0.15) is 5.75 Å². The number of ether oxygens (including phenoxy) is 1. The van der Waals surface area contributed by atoms with Crippen molar-refractivity contribution < 1.29 is 14.3 Å². The van der Waals surface area contributed by atoms with E-state index in [-0.39, 0.29) is 6.54 Å². The normalized spacial score (nSPS) is 10.5. The Labute approximate surface area is 157 Å². The van der Waals surface area contributed by atoms with E-state index in [4.69, 9.17) is 4.74 Å². The molecule has 0 unspecified atom stereocenters. The Kier molecular flexibility index (Phi) is 5.35. The zero-order valence-corrected chi connectivity index (χ0v) is 15.5. The van der Waals surface area contributed by atoms with Crippen LogP contribution in [0.3, 0.4) is 0 Å². The third kappa shape index (κ3) is 3.89. The van der Waals surface area contributed by atoms with Crippen molar-refractivity contribution in [1.29, 1.82) is 0 Å². The fourth-order valence-electron chi connectivity index (χ4n) is 2.91. The molecule has 6 heteroatoms. The Hall–Kier alpha value is -3.41. The average Bonchev–Trinajstić information content (AvgIpc) is 3.00. The molecule has 0 saturated heterocycles. The van der Waals surface area contributed by atoms with Gasteiger partial charge >= 0.3 is 0 Å². The zero-order chi connectivity index (χ0) is 19.4. The van der Waals surface area contributed by atoms with Crippen LogP contribution < -0.4 is 10.1 Å². The number of amides is 1. The summed E-state index contributed by atoms with van der Waals surface area (Å²) in [5.41, 5.74) is 3.23. The molecule has 0 radical (unpaired) electrons. The van der Waals surface area contributed by atoms with Gasteiger partial charge in [-0.05, 0) is 43.7 Å². The van der Waals surface area contributed by atoms with Gasteiger partial charge in [0.15, 0.2) is 0 Å². The third-order valence-electron chi connectivity index (χ3n) is 4.34. The van der Waals surface area contributed by atoms with Crippen molar-refractivity contribution in [2.75, 3.05) is 7.11 Å². The lowest BCUT2D eigenvalue weighted by Crippen LogP contribution is -2.31. The van der Waals surface area contributed by atoms with Crippen molar-refractivity contribution in [2.45, 2.75) is 20.4 Å². The van der Waals surface area contributed by atoms with Gasteiger partial charge in [0.2, 0.25) is 0 Å². The molecule has 1 heterocycles. The minimum Gasteiger partial charge on any atom is -0.497 e. The molecule has 0 aliphatic carbocycles. The van der Waals surface area contributed by atoms with Crippen LogP contribution in [0.1, 0.15) is 27.3 Å². The summed E-state index contributed by atoms with van der Waals surface area (Å²) in [6.45, 7) is 3.78. The van der Waals surface area contributed by atoms with E-state index in [1.54, 1.807) is 25.6 Å². The number of rotatable bonds is 6. The summed E-state index contributed by atoms with van der Waals surface area (Å²) in [6.07, 6.45) is 0. The van der Waals surface area contributed by atoms with Crippen LogP contribution in [0.4, 0.5) is 0 Å². The molecule has 0 atom stereocenters. The molecule has 0 spiro atoms. The van der Waals surface area contributed by atoms with Crippen LogP contribution in [0.25, 0.3) is 5.69 Å². The van der Waals surface area contributed by atoms with Gasteiger partial charge in [-0.2, -0.15) is 5.10 Å². The number of nitrogens with one attached hydrogen (secondary N) is 1. The van der Waals surface area contributed by atoms with Crippen molar-refractivity contribution in [3.05, 3.63) is 77.1 Å². The maximum Gasteiger partial charge on any atom is 0.292 e. The quantitative estimate of drug-likeness (QED) is 0.540. The summed E-state index contributed by atoms with van der Waals surface area (Å²) in [6, 6.07) is 16.8. The Morgan fingerprint density at radius 3 is 2.33 bits per heavy atom. The van der Waals surface area contributed by atoms with Gasteiger partial charge in [-0.25, -0.2) is 4.68 Å². The highest BCUT2D eigenvalue weighted by atomic mass is 16.5. The third-order valence-corrected chi connectivity index (χ3v) is 4.34. The second-order valence-electron chi connectivity index (χ2n) is 6.15. The molecule has 0 saturated carbocycles. The second-order valence-corrected chi connectivity index (χ2v) is 6.15. The molecule has 1 amide bonds. The van der Waals surface area contributed by atoms with Crippen molar-refractivity contribution in [3.63, 3.8) is 0 Å². The zero-order valence-electron chi connectivity index (χ0n) is 15.5. The number of aryl methyl sites for hydroxylation is 1. The molecule has 1 N–H and O–H groups in total. The molecule has 0 fully saturated rings.